The molecule has 0 unspecified atom stereocenters. The van der Waals surface area contributed by atoms with Crippen LogP contribution in [0.3, 0.4) is 0 Å². The van der Waals surface area contributed by atoms with Gasteiger partial charge in [-0.05, 0) is 12.8 Å². The fourth-order valence-electron chi connectivity index (χ4n) is 1.02. The van der Waals surface area contributed by atoms with Crippen molar-refractivity contribution in [1.82, 2.24) is 5.32 Å². The summed E-state index contributed by atoms with van der Waals surface area (Å²) in [6, 6.07) is 0. The van der Waals surface area contributed by atoms with Crippen molar-refractivity contribution in [2.24, 2.45) is 0 Å². The van der Waals surface area contributed by atoms with E-state index in [2.05, 4.69) is 5.32 Å². The highest BCUT2D eigenvalue weighted by Crippen LogP contribution is 1.98. The molecule has 2 saturated heterocycles. The van der Waals surface area contributed by atoms with E-state index in [9.17, 15) is 9.59 Å². The molecule has 7 heteroatoms. The lowest BCUT2D eigenvalue weighted by atomic mass is 10.4. The molecule has 0 bridgehead atoms. The van der Waals surface area contributed by atoms with Crippen LogP contribution in [0.1, 0.15) is 25.7 Å². The van der Waals surface area contributed by atoms with Gasteiger partial charge < -0.3 is 14.9 Å². The van der Waals surface area contributed by atoms with E-state index < -0.39 is 6.16 Å². The summed E-state index contributed by atoms with van der Waals surface area (Å²) in [4.78, 5) is 28.8. The zero-order chi connectivity index (χ0) is 12.4. The zero-order valence-corrected chi connectivity index (χ0v) is 8.77. The van der Waals surface area contributed by atoms with E-state index >= 15 is 0 Å². The van der Waals surface area contributed by atoms with Crippen molar-refractivity contribution in [3.05, 3.63) is 0 Å². The first-order chi connectivity index (χ1) is 7.52. The van der Waals surface area contributed by atoms with E-state index in [0.29, 0.717) is 12.8 Å². The molecule has 0 aromatic heterocycles. The van der Waals surface area contributed by atoms with Crippen LogP contribution in [0.25, 0.3) is 0 Å². The Kier molecular flexibility index (Phi) is 7.78. The molecule has 7 nitrogen and oxygen atoms in total. The second-order valence-electron chi connectivity index (χ2n) is 3.07. The number of carbonyl (C=O) groups is 3. The third-order valence-electron chi connectivity index (χ3n) is 1.69. The monoisotopic (exact) mass is 233 g/mol. The molecule has 0 aliphatic carbocycles. The molecule has 2 rings (SSSR count). The first-order valence-corrected chi connectivity index (χ1v) is 4.84. The molecule has 0 atom stereocenters. The van der Waals surface area contributed by atoms with E-state index in [1.54, 1.807) is 0 Å². The number of carboxylic acid groups (broad SMARTS) is 2. The lowest BCUT2D eigenvalue weighted by molar-refractivity contribution is -0.124. The molecule has 2 aliphatic heterocycles. The van der Waals surface area contributed by atoms with Gasteiger partial charge in [-0.25, -0.2) is 4.79 Å². The van der Waals surface area contributed by atoms with Crippen molar-refractivity contribution in [2.45, 2.75) is 25.7 Å². The van der Waals surface area contributed by atoms with E-state index in [1.165, 1.54) is 12.8 Å². The van der Waals surface area contributed by atoms with Gasteiger partial charge in [0.1, 0.15) is 0 Å². The van der Waals surface area contributed by atoms with Gasteiger partial charge in [0.25, 0.3) is 0 Å². The molecule has 0 aromatic carbocycles. The van der Waals surface area contributed by atoms with Crippen LogP contribution < -0.4 is 5.32 Å². The topological polar surface area (TPSA) is 113 Å². The molecular formula is C9H15NO6. The standard InChI is InChI=1S/C4H5NO2.C4H8O.CH2O3/c6-3-1-2-4(7)5-3;1-2-4-5-3-1;2-1(3)4/h1-2H2,(H,5,6,7);1-4H2;(H2,2,3,4). The van der Waals surface area contributed by atoms with E-state index in [0.717, 1.165) is 13.2 Å². The number of carbonyl (C=O) groups excluding carboxylic acids is 2. The number of amides is 2. The first kappa shape index (κ1) is 14.4. The Morgan fingerprint density at radius 1 is 1.06 bits per heavy atom. The summed E-state index contributed by atoms with van der Waals surface area (Å²) >= 11 is 0. The van der Waals surface area contributed by atoms with Crippen molar-refractivity contribution in [2.75, 3.05) is 13.2 Å². The van der Waals surface area contributed by atoms with Crippen molar-refractivity contribution < 1.29 is 29.3 Å². The number of imide groups is 1. The van der Waals surface area contributed by atoms with E-state index in [1.807, 2.05) is 0 Å². The third-order valence-corrected chi connectivity index (χ3v) is 1.69. The summed E-state index contributed by atoms with van der Waals surface area (Å²) in [6.07, 6.45) is 1.47. The van der Waals surface area contributed by atoms with Crippen LogP contribution >= 0.6 is 0 Å². The normalized spacial score (nSPS) is 17.8. The minimum Gasteiger partial charge on any atom is -0.450 e. The molecule has 2 aliphatic rings. The van der Waals surface area contributed by atoms with Gasteiger partial charge in [-0.2, -0.15) is 0 Å². The lowest BCUT2D eigenvalue weighted by Gasteiger charge is -1.79. The van der Waals surface area contributed by atoms with Gasteiger partial charge in [-0.15, -0.1) is 0 Å². The molecule has 92 valence electrons. The van der Waals surface area contributed by atoms with Crippen molar-refractivity contribution >= 4 is 18.0 Å². The van der Waals surface area contributed by atoms with Crippen LogP contribution in [-0.4, -0.2) is 41.4 Å². The second kappa shape index (κ2) is 8.66. The quantitative estimate of drug-likeness (QED) is 0.523. The minimum atomic E-state index is -1.83. The first-order valence-electron chi connectivity index (χ1n) is 4.84. The number of hydrogen-bond donors (Lipinski definition) is 3. The highest BCUT2D eigenvalue weighted by Gasteiger charge is 2.15. The predicted molar refractivity (Wildman–Crippen MR) is 53.1 cm³/mol. The number of hydrogen-bond acceptors (Lipinski definition) is 4. The Labute approximate surface area is 92.4 Å². The summed E-state index contributed by atoms with van der Waals surface area (Å²) in [7, 11) is 0. The largest absolute Gasteiger partial charge is 0.503 e. The zero-order valence-electron chi connectivity index (χ0n) is 8.77. The molecule has 16 heavy (non-hydrogen) atoms. The summed E-state index contributed by atoms with van der Waals surface area (Å²) < 4.78 is 4.94. The van der Waals surface area contributed by atoms with Gasteiger partial charge in [0.2, 0.25) is 11.8 Å². The average Bonchev–Trinajstić information content (AvgIpc) is 2.78. The summed E-state index contributed by atoms with van der Waals surface area (Å²) in [6.45, 7) is 2.00. The number of nitrogens with one attached hydrogen (secondary N) is 1. The van der Waals surface area contributed by atoms with Crippen molar-refractivity contribution in [3.8, 4) is 0 Å². The van der Waals surface area contributed by atoms with Crippen LogP contribution in [0.2, 0.25) is 0 Å². The van der Waals surface area contributed by atoms with E-state index in [-0.39, 0.29) is 11.8 Å². The van der Waals surface area contributed by atoms with Crippen LogP contribution in [0.4, 0.5) is 4.79 Å². The van der Waals surface area contributed by atoms with Gasteiger partial charge in [-0.3, -0.25) is 14.9 Å². The van der Waals surface area contributed by atoms with Crippen LogP contribution in [0.15, 0.2) is 0 Å². The maximum Gasteiger partial charge on any atom is 0.503 e. The maximum absolute atomic E-state index is 10.1. The molecule has 0 radical (unpaired) electrons. The van der Waals surface area contributed by atoms with Crippen molar-refractivity contribution in [3.63, 3.8) is 0 Å². The summed E-state index contributed by atoms with van der Waals surface area (Å²) in [5.74, 6) is -0.296. The molecule has 0 aromatic rings. The molecule has 0 spiro atoms. The van der Waals surface area contributed by atoms with Gasteiger partial charge >= 0.3 is 6.16 Å². The third kappa shape index (κ3) is 10.5. The van der Waals surface area contributed by atoms with Gasteiger partial charge in [0, 0.05) is 26.1 Å². The minimum absolute atomic E-state index is 0.148. The predicted octanol–water partition coefficient (Wildman–Crippen LogP) is 0.442. The fraction of sp³-hybridized carbons (Fsp3) is 0.667. The molecule has 3 N–H and O–H groups in total. The molecular weight excluding hydrogens is 218 g/mol. The summed E-state index contributed by atoms with van der Waals surface area (Å²) in [5, 5.41) is 16.1. The number of ether oxygens (including phenoxy) is 1. The molecule has 0 saturated carbocycles. The molecule has 2 amide bonds. The smallest absolute Gasteiger partial charge is 0.450 e. The average molecular weight is 233 g/mol. The van der Waals surface area contributed by atoms with Crippen LogP contribution in [0.5, 0.6) is 0 Å². The Morgan fingerprint density at radius 3 is 1.56 bits per heavy atom. The Balaban J connectivity index is 0.000000222. The van der Waals surface area contributed by atoms with Gasteiger partial charge in [0.05, 0.1) is 0 Å². The van der Waals surface area contributed by atoms with Gasteiger partial charge in [0.15, 0.2) is 0 Å². The molecule has 2 heterocycles. The van der Waals surface area contributed by atoms with Crippen LogP contribution in [-0.2, 0) is 14.3 Å². The lowest BCUT2D eigenvalue weighted by Crippen LogP contribution is -2.18. The highest BCUT2D eigenvalue weighted by molar-refractivity contribution is 6.01. The second-order valence-corrected chi connectivity index (χ2v) is 3.07. The summed E-state index contributed by atoms with van der Waals surface area (Å²) in [5.41, 5.74) is 0. The Morgan fingerprint density at radius 2 is 1.44 bits per heavy atom. The van der Waals surface area contributed by atoms with Gasteiger partial charge in [-0.1, -0.05) is 0 Å². The Hall–Kier alpha value is -1.63. The SMILES string of the molecule is C1CCOC1.O=C(O)O.O=C1CCC(=O)N1. The molecule has 2 fully saturated rings. The maximum atomic E-state index is 10.1. The van der Waals surface area contributed by atoms with E-state index in [4.69, 9.17) is 19.7 Å². The fourth-order valence-corrected chi connectivity index (χ4v) is 1.02. The van der Waals surface area contributed by atoms with Crippen molar-refractivity contribution in [1.29, 1.82) is 0 Å². The Bertz CT molecular complexity index is 223. The van der Waals surface area contributed by atoms with Crippen LogP contribution in [0, 0.1) is 0 Å². The number of rotatable bonds is 0. The highest BCUT2D eigenvalue weighted by atomic mass is 16.6.